The van der Waals surface area contributed by atoms with Crippen LogP contribution in [-0.2, 0) is 0 Å². The van der Waals surface area contributed by atoms with Gasteiger partial charge in [0.05, 0.1) is 5.56 Å². The number of carbonyl (C=O) groups excluding carboxylic acids is 1. The van der Waals surface area contributed by atoms with Crippen molar-refractivity contribution in [3.05, 3.63) is 35.4 Å². The Kier molecular flexibility index (Phi) is 3.29. The van der Waals surface area contributed by atoms with Crippen LogP contribution in [0.3, 0.4) is 0 Å². The second-order valence-corrected chi connectivity index (χ2v) is 4.04. The minimum absolute atomic E-state index is 0.0184. The Morgan fingerprint density at radius 2 is 2.25 bits per heavy atom. The Balaban J connectivity index is 2.08. The van der Waals surface area contributed by atoms with Crippen LogP contribution >= 0.6 is 0 Å². The summed E-state index contributed by atoms with van der Waals surface area (Å²) >= 11 is 0. The number of halogens is 2. The van der Waals surface area contributed by atoms with Gasteiger partial charge in [-0.05, 0) is 31.5 Å². The van der Waals surface area contributed by atoms with E-state index < -0.39 is 11.6 Å². The zero-order valence-electron chi connectivity index (χ0n) is 8.80. The average molecular weight is 225 g/mol. The molecule has 2 nitrogen and oxygen atoms in total. The van der Waals surface area contributed by atoms with Gasteiger partial charge in [-0.1, -0.05) is 0 Å². The van der Waals surface area contributed by atoms with E-state index in [9.17, 15) is 13.6 Å². The lowest BCUT2D eigenvalue weighted by molar-refractivity contribution is 0.0967. The maximum atomic E-state index is 13.3. The summed E-state index contributed by atoms with van der Waals surface area (Å²) in [5.41, 5.74) is -0.0184. The van der Waals surface area contributed by atoms with Crippen LogP contribution in [0.15, 0.2) is 18.2 Å². The highest BCUT2D eigenvalue weighted by Gasteiger charge is 2.20. The van der Waals surface area contributed by atoms with Crippen molar-refractivity contribution in [2.75, 3.05) is 6.54 Å². The Morgan fingerprint density at radius 1 is 1.44 bits per heavy atom. The van der Waals surface area contributed by atoms with Crippen molar-refractivity contribution in [2.24, 2.45) is 0 Å². The van der Waals surface area contributed by atoms with Crippen molar-refractivity contribution < 1.29 is 13.6 Å². The first-order valence-electron chi connectivity index (χ1n) is 5.38. The number of hydrogen-bond acceptors (Lipinski definition) is 2. The van der Waals surface area contributed by atoms with Gasteiger partial charge in [0.15, 0.2) is 5.78 Å². The molecule has 1 heterocycles. The molecular weight excluding hydrogens is 212 g/mol. The molecule has 0 aliphatic carbocycles. The minimum atomic E-state index is -0.775. The molecule has 0 spiro atoms. The molecule has 0 amide bonds. The van der Waals surface area contributed by atoms with Crippen molar-refractivity contribution in [3.63, 3.8) is 0 Å². The fraction of sp³-hybridized carbons (Fsp3) is 0.417. The Labute approximate surface area is 92.7 Å². The largest absolute Gasteiger partial charge is 0.314 e. The number of Topliss-reactive ketones (excluding diaryl/α,β-unsaturated/α-hetero) is 1. The van der Waals surface area contributed by atoms with E-state index in [-0.39, 0.29) is 23.8 Å². The van der Waals surface area contributed by atoms with Crippen LogP contribution in [0, 0.1) is 11.6 Å². The molecule has 1 N–H and O–H groups in total. The zero-order valence-corrected chi connectivity index (χ0v) is 8.80. The van der Waals surface area contributed by atoms with Crippen molar-refractivity contribution in [1.82, 2.24) is 5.32 Å². The third-order valence-corrected chi connectivity index (χ3v) is 2.83. The van der Waals surface area contributed by atoms with Crippen molar-refractivity contribution in [3.8, 4) is 0 Å². The summed E-state index contributed by atoms with van der Waals surface area (Å²) in [6.45, 7) is 0.907. The zero-order chi connectivity index (χ0) is 11.5. The van der Waals surface area contributed by atoms with E-state index in [2.05, 4.69) is 5.32 Å². The maximum Gasteiger partial charge on any atom is 0.167 e. The van der Waals surface area contributed by atoms with Crippen molar-refractivity contribution in [1.29, 1.82) is 0 Å². The smallest absolute Gasteiger partial charge is 0.167 e. The summed E-state index contributed by atoms with van der Waals surface area (Å²) < 4.78 is 25.9. The molecule has 1 fully saturated rings. The van der Waals surface area contributed by atoms with Crippen LogP contribution in [0.4, 0.5) is 8.78 Å². The fourth-order valence-corrected chi connectivity index (χ4v) is 1.98. The van der Waals surface area contributed by atoms with E-state index in [1.807, 2.05) is 0 Å². The van der Waals surface area contributed by atoms with Gasteiger partial charge in [0.25, 0.3) is 0 Å². The number of rotatable bonds is 3. The number of nitrogens with one attached hydrogen (secondary N) is 1. The molecular formula is C12H13F2NO. The van der Waals surface area contributed by atoms with E-state index in [4.69, 9.17) is 0 Å². The van der Waals surface area contributed by atoms with Gasteiger partial charge in [0.2, 0.25) is 0 Å². The second-order valence-electron chi connectivity index (χ2n) is 4.04. The van der Waals surface area contributed by atoms with Gasteiger partial charge < -0.3 is 5.32 Å². The first-order chi connectivity index (χ1) is 7.66. The second kappa shape index (κ2) is 4.70. The minimum Gasteiger partial charge on any atom is -0.314 e. The van der Waals surface area contributed by atoms with E-state index >= 15 is 0 Å². The topological polar surface area (TPSA) is 29.1 Å². The van der Waals surface area contributed by atoms with Crippen LogP contribution in [0.25, 0.3) is 0 Å². The highest BCUT2D eigenvalue weighted by atomic mass is 19.1. The van der Waals surface area contributed by atoms with Gasteiger partial charge in [-0.3, -0.25) is 4.79 Å². The first kappa shape index (κ1) is 11.2. The number of benzene rings is 1. The molecule has 1 unspecified atom stereocenters. The summed E-state index contributed by atoms with van der Waals surface area (Å²) in [5, 5.41) is 3.17. The van der Waals surface area contributed by atoms with E-state index in [1.54, 1.807) is 0 Å². The normalized spacial score (nSPS) is 20.0. The fourth-order valence-electron chi connectivity index (χ4n) is 1.98. The van der Waals surface area contributed by atoms with Crippen LogP contribution in [0.2, 0.25) is 0 Å². The van der Waals surface area contributed by atoms with E-state index in [1.165, 1.54) is 6.07 Å². The molecule has 1 aliphatic rings. The van der Waals surface area contributed by atoms with Gasteiger partial charge in [0, 0.05) is 18.5 Å². The Bertz CT molecular complexity index is 400. The molecule has 0 bridgehead atoms. The van der Waals surface area contributed by atoms with Crippen LogP contribution in [0.5, 0.6) is 0 Å². The highest BCUT2D eigenvalue weighted by molar-refractivity contribution is 5.96. The quantitative estimate of drug-likeness (QED) is 0.800. The third kappa shape index (κ3) is 2.44. The molecule has 0 saturated carbocycles. The lowest BCUT2D eigenvalue weighted by atomic mass is 10.0. The molecule has 2 rings (SSSR count). The van der Waals surface area contributed by atoms with Gasteiger partial charge in [-0.2, -0.15) is 0 Å². The van der Waals surface area contributed by atoms with Crippen molar-refractivity contribution >= 4 is 5.78 Å². The molecule has 1 saturated heterocycles. The van der Waals surface area contributed by atoms with E-state index in [0.29, 0.717) is 0 Å². The first-order valence-corrected chi connectivity index (χ1v) is 5.38. The summed E-state index contributed by atoms with van der Waals surface area (Å²) in [6, 6.07) is 3.20. The SMILES string of the molecule is O=C(CC1CCCN1)c1ccc(F)cc1F. The molecule has 16 heavy (non-hydrogen) atoms. The third-order valence-electron chi connectivity index (χ3n) is 2.83. The number of ketones is 1. The van der Waals surface area contributed by atoms with Gasteiger partial charge in [-0.15, -0.1) is 0 Å². The Hall–Kier alpha value is -1.29. The van der Waals surface area contributed by atoms with E-state index in [0.717, 1.165) is 31.5 Å². The lowest BCUT2D eigenvalue weighted by Crippen LogP contribution is -2.24. The predicted octanol–water partition coefficient (Wildman–Crippen LogP) is 2.29. The van der Waals surface area contributed by atoms with Crippen LogP contribution in [0.1, 0.15) is 29.6 Å². The molecule has 1 atom stereocenters. The molecule has 0 aromatic heterocycles. The Morgan fingerprint density at radius 3 is 2.88 bits per heavy atom. The molecule has 0 radical (unpaired) electrons. The van der Waals surface area contributed by atoms with Gasteiger partial charge >= 0.3 is 0 Å². The van der Waals surface area contributed by atoms with Crippen LogP contribution < -0.4 is 5.32 Å². The molecule has 1 aromatic rings. The monoisotopic (exact) mass is 225 g/mol. The van der Waals surface area contributed by atoms with Crippen LogP contribution in [-0.4, -0.2) is 18.4 Å². The van der Waals surface area contributed by atoms with Crippen molar-refractivity contribution in [2.45, 2.75) is 25.3 Å². The molecule has 86 valence electrons. The van der Waals surface area contributed by atoms with Gasteiger partial charge in [-0.25, -0.2) is 8.78 Å². The molecule has 1 aromatic carbocycles. The number of hydrogen-bond donors (Lipinski definition) is 1. The summed E-state index contributed by atoms with van der Waals surface area (Å²) in [5.74, 6) is -1.70. The van der Waals surface area contributed by atoms with Gasteiger partial charge in [0.1, 0.15) is 11.6 Å². The average Bonchev–Trinajstić information content (AvgIpc) is 2.70. The summed E-state index contributed by atoms with van der Waals surface area (Å²) in [7, 11) is 0. The lowest BCUT2D eigenvalue weighted by Gasteiger charge is -2.09. The molecule has 1 aliphatic heterocycles. The summed E-state index contributed by atoms with van der Waals surface area (Å²) in [4.78, 5) is 11.7. The predicted molar refractivity (Wildman–Crippen MR) is 56.3 cm³/mol. The highest BCUT2D eigenvalue weighted by Crippen LogP contribution is 2.16. The maximum absolute atomic E-state index is 13.3. The molecule has 4 heteroatoms. The standard InChI is InChI=1S/C12H13F2NO/c13-8-3-4-10(11(14)6-8)12(16)7-9-2-1-5-15-9/h3-4,6,9,15H,1-2,5,7H2. The summed E-state index contributed by atoms with van der Waals surface area (Å²) in [6.07, 6.45) is 2.26. The number of carbonyl (C=O) groups is 1.